The van der Waals surface area contributed by atoms with Crippen molar-refractivity contribution in [3.05, 3.63) is 29.8 Å². The first-order chi connectivity index (χ1) is 12.1. The van der Waals surface area contributed by atoms with Crippen LogP contribution < -0.4 is 11.1 Å². The Hall–Kier alpha value is -1.35. The number of halogens is 1. The lowest BCUT2D eigenvalue weighted by molar-refractivity contribution is -0.139. The molecule has 6 nitrogen and oxygen atoms in total. The van der Waals surface area contributed by atoms with Crippen molar-refractivity contribution in [2.75, 3.05) is 44.6 Å². The number of aryl methyl sites for hydroxylation is 1. The van der Waals surface area contributed by atoms with Crippen LogP contribution in [0, 0.1) is 12.8 Å². The third-order valence-electron chi connectivity index (χ3n) is 5.16. The van der Waals surface area contributed by atoms with Crippen LogP contribution in [-0.2, 0) is 4.79 Å². The number of amides is 1. The van der Waals surface area contributed by atoms with E-state index in [4.69, 9.17) is 5.73 Å². The average Bonchev–Trinajstić information content (AvgIpc) is 2.56. The zero-order valence-electron chi connectivity index (χ0n) is 15.5. The number of carbonyl (C=O) groups is 1. The number of rotatable bonds is 5. The summed E-state index contributed by atoms with van der Waals surface area (Å²) >= 11 is 0. The van der Waals surface area contributed by atoms with Gasteiger partial charge in [-0.15, -0.1) is 24.0 Å². The smallest absolute Gasteiger partial charge is 0.225 e. The second kappa shape index (κ2) is 10.1. The second-order valence-electron chi connectivity index (χ2n) is 7.05. The zero-order valence-corrected chi connectivity index (χ0v) is 17.8. The normalized spacial score (nSPS) is 18.8. The van der Waals surface area contributed by atoms with E-state index in [2.05, 4.69) is 22.1 Å². The van der Waals surface area contributed by atoms with E-state index < -0.39 is 0 Å². The minimum absolute atomic E-state index is 0. The van der Waals surface area contributed by atoms with Gasteiger partial charge in [-0.3, -0.25) is 14.7 Å². The van der Waals surface area contributed by atoms with Crippen LogP contribution in [0.5, 0.6) is 0 Å². The number of guanidine groups is 1. The summed E-state index contributed by atoms with van der Waals surface area (Å²) in [5.41, 5.74) is 8.12. The highest BCUT2D eigenvalue weighted by Crippen LogP contribution is 2.28. The molecule has 0 spiro atoms. The third kappa shape index (κ3) is 5.84. The van der Waals surface area contributed by atoms with Crippen molar-refractivity contribution in [3.8, 4) is 0 Å². The van der Waals surface area contributed by atoms with Gasteiger partial charge in [0.05, 0.1) is 6.54 Å². The number of nitrogens with zero attached hydrogens (tertiary/aromatic N) is 3. The Morgan fingerprint density at radius 1 is 1.19 bits per heavy atom. The molecule has 3 N–H and O–H groups in total. The lowest BCUT2D eigenvalue weighted by Gasteiger charge is -2.38. The number of benzene rings is 1. The van der Waals surface area contributed by atoms with Crippen LogP contribution in [0.3, 0.4) is 0 Å². The molecule has 0 unspecified atom stereocenters. The van der Waals surface area contributed by atoms with E-state index in [-0.39, 0.29) is 24.0 Å². The van der Waals surface area contributed by atoms with Crippen LogP contribution in [0.25, 0.3) is 0 Å². The number of nitrogens with two attached hydrogens (primary N) is 1. The topological polar surface area (TPSA) is 74.0 Å². The van der Waals surface area contributed by atoms with Gasteiger partial charge >= 0.3 is 0 Å². The molecule has 0 bridgehead atoms. The maximum atomic E-state index is 12.2. The van der Waals surface area contributed by atoms with Crippen LogP contribution in [0.4, 0.5) is 5.69 Å². The van der Waals surface area contributed by atoms with Crippen molar-refractivity contribution in [2.24, 2.45) is 16.6 Å². The molecule has 0 radical (unpaired) electrons. The van der Waals surface area contributed by atoms with Gasteiger partial charge in [0.2, 0.25) is 5.91 Å². The van der Waals surface area contributed by atoms with E-state index in [1.807, 2.05) is 29.2 Å². The van der Waals surface area contributed by atoms with Crippen LogP contribution in [0.2, 0.25) is 0 Å². The molecule has 26 heavy (non-hydrogen) atoms. The molecular weight excluding hydrogens is 441 g/mol. The molecule has 2 aliphatic rings. The van der Waals surface area contributed by atoms with Crippen molar-refractivity contribution in [1.29, 1.82) is 0 Å². The summed E-state index contributed by atoms with van der Waals surface area (Å²) < 4.78 is 0. The maximum Gasteiger partial charge on any atom is 0.225 e. The van der Waals surface area contributed by atoms with Crippen molar-refractivity contribution in [1.82, 2.24) is 9.80 Å². The summed E-state index contributed by atoms with van der Waals surface area (Å²) in [6.45, 7) is 7.15. The van der Waals surface area contributed by atoms with Crippen molar-refractivity contribution >= 4 is 41.5 Å². The SMILES string of the molecule is Cc1ccc(NC(N)=NCCN2CCN(C(=O)C3CCC3)CC2)cc1.I. The van der Waals surface area contributed by atoms with E-state index in [0.29, 0.717) is 24.3 Å². The predicted octanol–water partition coefficient (Wildman–Crippen LogP) is 2.28. The fourth-order valence-corrected chi connectivity index (χ4v) is 3.24. The van der Waals surface area contributed by atoms with Crippen LogP contribution in [-0.4, -0.2) is 60.9 Å². The van der Waals surface area contributed by atoms with Gasteiger partial charge in [0, 0.05) is 44.3 Å². The first-order valence-electron chi connectivity index (χ1n) is 9.26. The molecule has 1 aliphatic heterocycles. The van der Waals surface area contributed by atoms with Gasteiger partial charge in [0.25, 0.3) is 0 Å². The molecule has 1 saturated heterocycles. The molecule has 0 atom stereocenters. The van der Waals surface area contributed by atoms with Gasteiger partial charge in [0.1, 0.15) is 0 Å². The molecule has 1 aromatic rings. The molecule has 1 saturated carbocycles. The Morgan fingerprint density at radius 3 is 2.42 bits per heavy atom. The van der Waals surface area contributed by atoms with Crippen LogP contribution in [0.15, 0.2) is 29.3 Å². The minimum Gasteiger partial charge on any atom is -0.370 e. The molecule has 1 amide bonds. The number of nitrogens with one attached hydrogen (secondary N) is 1. The summed E-state index contributed by atoms with van der Waals surface area (Å²) in [5.74, 6) is 1.13. The molecule has 144 valence electrons. The van der Waals surface area contributed by atoms with Gasteiger partial charge in [-0.1, -0.05) is 24.1 Å². The molecule has 1 heterocycles. The number of aliphatic imine (C=N–C) groups is 1. The molecule has 7 heteroatoms. The summed E-state index contributed by atoms with van der Waals surface area (Å²) in [4.78, 5) is 21.0. The van der Waals surface area contributed by atoms with E-state index in [0.717, 1.165) is 51.3 Å². The van der Waals surface area contributed by atoms with E-state index in [9.17, 15) is 4.79 Å². The van der Waals surface area contributed by atoms with Crippen LogP contribution in [0.1, 0.15) is 24.8 Å². The van der Waals surface area contributed by atoms with Gasteiger partial charge in [-0.25, -0.2) is 0 Å². The fourth-order valence-electron chi connectivity index (χ4n) is 3.24. The highest BCUT2D eigenvalue weighted by molar-refractivity contribution is 14.0. The van der Waals surface area contributed by atoms with Crippen molar-refractivity contribution in [3.63, 3.8) is 0 Å². The van der Waals surface area contributed by atoms with Gasteiger partial charge < -0.3 is 16.0 Å². The molecule has 2 fully saturated rings. The molecule has 3 rings (SSSR count). The lowest BCUT2D eigenvalue weighted by Crippen LogP contribution is -2.51. The predicted molar refractivity (Wildman–Crippen MR) is 117 cm³/mol. The zero-order chi connectivity index (χ0) is 17.6. The number of hydrogen-bond acceptors (Lipinski definition) is 3. The Labute approximate surface area is 173 Å². The highest BCUT2D eigenvalue weighted by Gasteiger charge is 2.30. The Morgan fingerprint density at radius 2 is 1.85 bits per heavy atom. The molecular formula is C19H30IN5O. The second-order valence-corrected chi connectivity index (χ2v) is 7.05. The van der Waals surface area contributed by atoms with E-state index in [1.165, 1.54) is 12.0 Å². The fraction of sp³-hybridized carbons (Fsp3) is 0.579. The van der Waals surface area contributed by atoms with Crippen molar-refractivity contribution < 1.29 is 4.79 Å². The Kier molecular flexibility index (Phi) is 8.15. The minimum atomic E-state index is 0. The Balaban J connectivity index is 0.00000243. The number of piperazine rings is 1. The largest absolute Gasteiger partial charge is 0.370 e. The van der Waals surface area contributed by atoms with Crippen molar-refractivity contribution in [2.45, 2.75) is 26.2 Å². The first-order valence-corrected chi connectivity index (χ1v) is 9.26. The number of hydrogen-bond donors (Lipinski definition) is 2. The average molecular weight is 471 g/mol. The first kappa shape index (κ1) is 21.0. The number of anilines is 1. The van der Waals surface area contributed by atoms with E-state index >= 15 is 0 Å². The van der Waals surface area contributed by atoms with Gasteiger partial charge in [-0.05, 0) is 31.9 Å². The van der Waals surface area contributed by atoms with E-state index in [1.54, 1.807) is 0 Å². The highest BCUT2D eigenvalue weighted by atomic mass is 127. The summed E-state index contributed by atoms with van der Waals surface area (Å²) in [6, 6.07) is 8.08. The summed E-state index contributed by atoms with van der Waals surface area (Å²) in [7, 11) is 0. The number of carbonyl (C=O) groups excluding carboxylic acids is 1. The van der Waals surface area contributed by atoms with Crippen LogP contribution >= 0.6 is 24.0 Å². The van der Waals surface area contributed by atoms with Gasteiger partial charge in [0.15, 0.2) is 5.96 Å². The molecule has 0 aromatic heterocycles. The summed E-state index contributed by atoms with van der Waals surface area (Å²) in [5, 5.41) is 3.11. The van der Waals surface area contributed by atoms with Gasteiger partial charge in [-0.2, -0.15) is 0 Å². The molecule has 1 aromatic carbocycles. The quantitative estimate of drug-likeness (QED) is 0.393. The summed E-state index contributed by atoms with van der Waals surface area (Å²) in [6.07, 6.45) is 3.38. The maximum absolute atomic E-state index is 12.2. The molecule has 1 aliphatic carbocycles. The lowest BCUT2D eigenvalue weighted by atomic mass is 9.84. The monoisotopic (exact) mass is 471 g/mol. The Bertz CT molecular complexity index is 607. The standard InChI is InChI=1S/C19H29N5O.HI/c1-15-5-7-17(8-6-15)22-19(20)21-9-10-23-11-13-24(14-12-23)18(25)16-3-2-4-16;/h5-8,16H,2-4,9-14H2,1H3,(H3,20,21,22);1H. The third-order valence-corrected chi connectivity index (χ3v) is 5.16.